The second-order valence-corrected chi connectivity index (χ2v) is 17.8. The van der Waals surface area contributed by atoms with E-state index in [2.05, 4.69) is 84.9 Å². The maximum absolute atomic E-state index is 14.8. The quantitative estimate of drug-likeness (QED) is 0.0639. The highest BCUT2D eigenvalue weighted by atomic mass is 16.6. The number of allylic oxidation sites excluding steroid dienone is 2. The van der Waals surface area contributed by atoms with Crippen molar-refractivity contribution in [3.63, 3.8) is 0 Å². The van der Waals surface area contributed by atoms with Crippen LogP contribution in [0, 0.1) is 5.92 Å². The number of esters is 2. The minimum atomic E-state index is -1.24. The minimum Gasteiger partial charge on any atom is -0.483 e. The van der Waals surface area contributed by atoms with Gasteiger partial charge in [-0.25, -0.2) is 9.59 Å². The zero-order chi connectivity index (χ0) is 44.3. The summed E-state index contributed by atoms with van der Waals surface area (Å²) in [4.78, 5) is 42.9. The lowest BCUT2D eigenvalue weighted by atomic mass is 9.72. The molecule has 4 aliphatic rings. The van der Waals surface area contributed by atoms with Crippen molar-refractivity contribution in [2.24, 2.45) is 5.92 Å². The van der Waals surface area contributed by atoms with Crippen LogP contribution in [0.4, 0.5) is 0 Å². The second-order valence-electron chi connectivity index (χ2n) is 17.8. The minimum absolute atomic E-state index is 0.0521. The number of methoxy groups -OCH3 is 1. The van der Waals surface area contributed by atoms with Crippen LogP contribution in [-0.4, -0.2) is 60.8 Å². The average molecular weight is 853 g/mol. The van der Waals surface area contributed by atoms with Crippen molar-refractivity contribution in [2.75, 3.05) is 26.9 Å². The third-order valence-electron chi connectivity index (χ3n) is 13.0. The molecule has 2 N–H and O–H groups in total. The first-order valence-electron chi connectivity index (χ1n) is 22.0. The average Bonchev–Trinajstić information content (AvgIpc) is 3.27. The Balaban J connectivity index is 1.21. The van der Waals surface area contributed by atoms with Gasteiger partial charge in [0.05, 0.1) is 18.8 Å². The van der Waals surface area contributed by atoms with Gasteiger partial charge in [-0.1, -0.05) is 91.0 Å². The van der Waals surface area contributed by atoms with Gasteiger partial charge in [-0.05, 0) is 110 Å². The van der Waals surface area contributed by atoms with Crippen LogP contribution in [-0.2, 0) is 36.6 Å². The summed E-state index contributed by atoms with van der Waals surface area (Å²) in [5.74, 6) is -1.46. The lowest BCUT2D eigenvalue weighted by Crippen LogP contribution is -2.52. The van der Waals surface area contributed by atoms with Gasteiger partial charge < -0.3 is 33.6 Å². The van der Waals surface area contributed by atoms with Crippen molar-refractivity contribution in [3.8, 4) is 5.75 Å². The number of aliphatic hydroxyl groups excluding tert-OH is 2. The Morgan fingerprint density at radius 2 is 1.63 bits per heavy atom. The van der Waals surface area contributed by atoms with Crippen molar-refractivity contribution < 1.29 is 43.2 Å². The summed E-state index contributed by atoms with van der Waals surface area (Å²) in [5.41, 5.74) is 5.40. The zero-order valence-corrected chi connectivity index (χ0v) is 36.4. The van der Waals surface area contributed by atoms with Gasteiger partial charge in [-0.3, -0.25) is 4.79 Å². The van der Waals surface area contributed by atoms with E-state index in [9.17, 15) is 24.6 Å². The molecule has 1 aliphatic carbocycles. The van der Waals surface area contributed by atoms with E-state index in [1.807, 2.05) is 6.07 Å². The van der Waals surface area contributed by atoms with E-state index in [4.69, 9.17) is 23.4 Å². The van der Waals surface area contributed by atoms with Gasteiger partial charge in [0.2, 0.25) is 0 Å². The molecule has 0 saturated heterocycles. The molecule has 0 spiro atoms. The standard InChI is InChI=1S/C53H56O10/c1-32(30-55)42-20-15-33-13-16-36(17-14-33)43-21-18-38(37-12-8-11-35(26-37)25-34-9-6-5-7-10-34)27-41(43)29-46(56)60-49-47-45(63-53(2,3)50(49)62-51(42)57)22-19-39-28-44(52(58)61-48(39)47)40(23-24-54)31-59-4/h5-14,16-19,21-22,26,28,38,40-41,43,49-50,54-55H,15,20,23-25,27,29-31H2,1-4H3/b42-32-/t38-,40-,41+,43+,49-,50+/m1/s1. The van der Waals surface area contributed by atoms with Gasteiger partial charge in [0, 0.05) is 54.4 Å². The highest BCUT2D eigenvalue weighted by Crippen LogP contribution is 2.48. The Morgan fingerprint density at radius 1 is 0.857 bits per heavy atom. The predicted octanol–water partition coefficient (Wildman–Crippen LogP) is 8.95. The van der Waals surface area contributed by atoms with Gasteiger partial charge in [-0.15, -0.1) is 0 Å². The van der Waals surface area contributed by atoms with Gasteiger partial charge >= 0.3 is 17.6 Å². The van der Waals surface area contributed by atoms with Gasteiger partial charge in [0.1, 0.15) is 16.9 Å². The molecule has 2 bridgehead atoms. The van der Waals surface area contributed by atoms with Gasteiger partial charge in [-0.2, -0.15) is 0 Å². The molecule has 5 aromatic rings. The van der Waals surface area contributed by atoms with Crippen molar-refractivity contribution in [3.05, 3.63) is 170 Å². The highest BCUT2D eigenvalue weighted by molar-refractivity contribution is 5.90. The Bertz CT molecular complexity index is 2560. The van der Waals surface area contributed by atoms with Gasteiger partial charge in [0.25, 0.3) is 0 Å². The van der Waals surface area contributed by atoms with Crippen molar-refractivity contribution in [1.82, 2.24) is 0 Å². The van der Waals surface area contributed by atoms with Crippen LogP contribution in [0.2, 0.25) is 0 Å². The van der Waals surface area contributed by atoms with Crippen LogP contribution in [0.5, 0.6) is 5.75 Å². The van der Waals surface area contributed by atoms with Crippen LogP contribution in [0.3, 0.4) is 0 Å². The highest BCUT2D eigenvalue weighted by Gasteiger charge is 2.51. The number of rotatable bonds is 9. The third kappa shape index (κ3) is 9.44. The molecular formula is C53H56O10. The molecule has 0 unspecified atom stereocenters. The number of carbonyl (C=O) groups excluding carboxylic acids is 2. The number of ether oxygens (including phenoxy) is 4. The lowest BCUT2D eigenvalue weighted by molar-refractivity contribution is -0.188. The van der Waals surface area contributed by atoms with E-state index in [1.165, 1.54) is 23.8 Å². The van der Waals surface area contributed by atoms with E-state index >= 15 is 0 Å². The van der Waals surface area contributed by atoms with Crippen molar-refractivity contribution >= 4 is 22.9 Å². The summed E-state index contributed by atoms with van der Waals surface area (Å²) in [5, 5.41) is 20.6. The predicted molar refractivity (Wildman–Crippen MR) is 240 cm³/mol. The van der Waals surface area contributed by atoms with Gasteiger partial charge in [0.15, 0.2) is 12.2 Å². The molecule has 9 rings (SSSR count). The maximum Gasteiger partial charge on any atom is 0.339 e. The van der Waals surface area contributed by atoms with Crippen LogP contribution in [0.15, 0.2) is 130 Å². The molecule has 1 aromatic heterocycles. The topological polar surface area (TPSA) is 142 Å². The van der Waals surface area contributed by atoms with Crippen molar-refractivity contribution in [2.45, 2.75) is 94.9 Å². The lowest BCUT2D eigenvalue weighted by Gasteiger charge is -2.43. The molecule has 0 radical (unpaired) electrons. The third-order valence-corrected chi connectivity index (χ3v) is 13.0. The van der Waals surface area contributed by atoms with E-state index in [0.717, 1.165) is 17.5 Å². The molecule has 0 amide bonds. The molecule has 3 aliphatic heterocycles. The molecular weight excluding hydrogens is 797 g/mol. The fraction of sp³-hybridized carbons (Fsp3) is 0.377. The summed E-state index contributed by atoms with van der Waals surface area (Å²) in [6, 6.07) is 32.6. The molecule has 6 atom stereocenters. The Kier molecular flexibility index (Phi) is 13.1. The maximum atomic E-state index is 14.8. The number of aryl methyl sites for hydroxylation is 1. The number of hydrogen-bond acceptors (Lipinski definition) is 10. The van der Waals surface area contributed by atoms with E-state index in [1.54, 1.807) is 39.0 Å². The second kappa shape index (κ2) is 18.9. The molecule has 4 heterocycles. The Morgan fingerprint density at radius 3 is 2.38 bits per heavy atom. The zero-order valence-electron chi connectivity index (χ0n) is 36.4. The van der Waals surface area contributed by atoms with E-state index in [-0.39, 0.29) is 61.6 Å². The molecule has 63 heavy (non-hydrogen) atoms. The molecule has 10 heteroatoms. The van der Waals surface area contributed by atoms with Crippen molar-refractivity contribution in [1.29, 1.82) is 0 Å². The summed E-state index contributed by atoms with van der Waals surface area (Å²) >= 11 is 0. The Labute approximate surface area is 368 Å². The van der Waals surface area contributed by atoms with E-state index in [0.29, 0.717) is 47.1 Å². The summed E-state index contributed by atoms with van der Waals surface area (Å²) < 4.78 is 31.0. The van der Waals surface area contributed by atoms with E-state index < -0.39 is 41.3 Å². The smallest absolute Gasteiger partial charge is 0.339 e. The fourth-order valence-corrected chi connectivity index (χ4v) is 9.63. The van der Waals surface area contributed by atoms with Crippen LogP contribution in [0.1, 0.15) is 109 Å². The number of fused-ring (bicyclic) bond motifs is 11. The first kappa shape index (κ1) is 43.8. The molecule has 328 valence electrons. The first-order chi connectivity index (χ1) is 30.5. The molecule has 0 fully saturated rings. The molecule has 4 aromatic carbocycles. The molecule has 0 saturated carbocycles. The SMILES string of the molecule is COC[C@@H](CCO)c1cc2ccc3c(c2oc1=O)[C@H]1OC(=O)C[C@@H]2C[C@H](c4cccc(Cc5ccccc5)c4)C=C[C@H]2c2ccc(cc2)CC/C(=C(\C)CO)C(=O)O[C@@H]1C(C)(C)O3. The summed E-state index contributed by atoms with van der Waals surface area (Å²) in [6.45, 7) is 4.93. The number of carbonyl (C=O) groups is 2. The van der Waals surface area contributed by atoms with Crippen LogP contribution in [0.25, 0.3) is 11.0 Å². The van der Waals surface area contributed by atoms with Crippen LogP contribution >= 0.6 is 0 Å². The fourth-order valence-electron chi connectivity index (χ4n) is 9.63. The summed E-state index contributed by atoms with van der Waals surface area (Å²) in [6.07, 6.45) is 4.73. The Hall–Kier alpha value is -5.81. The summed E-state index contributed by atoms with van der Waals surface area (Å²) in [7, 11) is 1.53. The molecule has 10 nitrogen and oxygen atoms in total. The number of hydrogen-bond donors (Lipinski definition) is 2. The van der Waals surface area contributed by atoms with Crippen LogP contribution < -0.4 is 10.4 Å². The largest absolute Gasteiger partial charge is 0.483 e. The first-order valence-corrected chi connectivity index (χ1v) is 22.0. The number of aliphatic hydroxyl groups is 2. The number of benzene rings is 4. The monoisotopic (exact) mass is 852 g/mol. The normalized spacial score (nSPS) is 23.4.